The molecule has 6 nitrogen and oxygen atoms in total. The van der Waals surface area contributed by atoms with Crippen LogP contribution < -0.4 is 0 Å². The summed E-state index contributed by atoms with van der Waals surface area (Å²) in [6, 6.07) is 1.89. The van der Waals surface area contributed by atoms with Gasteiger partial charge in [-0.3, -0.25) is 5.10 Å². The second kappa shape index (κ2) is 3.28. The summed E-state index contributed by atoms with van der Waals surface area (Å²) in [5.41, 5.74) is 1.51. The molecule has 0 saturated heterocycles. The first-order valence-electron chi connectivity index (χ1n) is 4.63. The van der Waals surface area contributed by atoms with E-state index in [9.17, 15) is 0 Å². The minimum atomic E-state index is 0.167. The molecule has 0 saturated carbocycles. The zero-order valence-electron chi connectivity index (χ0n) is 8.35. The zero-order valence-corrected chi connectivity index (χ0v) is 9.10. The first-order chi connectivity index (χ1) is 7.74. The fourth-order valence-electron chi connectivity index (χ4n) is 1.50. The van der Waals surface area contributed by atoms with Crippen molar-refractivity contribution in [2.75, 3.05) is 0 Å². The van der Waals surface area contributed by atoms with Crippen molar-refractivity contribution >= 4 is 22.6 Å². The van der Waals surface area contributed by atoms with Crippen molar-refractivity contribution < 1.29 is 0 Å². The van der Waals surface area contributed by atoms with Gasteiger partial charge >= 0.3 is 0 Å². The van der Waals surface area contributed by atoms with E-state index in [1.54, 1.807) is 10.9 Å². The lowest BCUT2D eigenvalue weighted by atomic mass is 10.4. The van der Waals surface area contributed by atoms with Crippen LogP contribution in [0.25, 0.3) is 16.9 Å². The van der Waals surface area contributed by atoms with E-state index in [0.29, 0.717) is 11.5 Å². The molecule has 0 aliphatic rings. The van der Waals surface area contributed by atoms with Crippen LogP contribution in [0.5, 0.6) is 0 Å². The van der Waals surface area contributed by atoms with Gasteiger partial charge in [0.1, 0.15) is 0 Å². The normalized spacial score (nSPS) is 11.1. The van der Waals surface area contributed by atoms with Crippen LogP contribution in [0, 0.1) is 6.92 Å². The molecular formula is C9H7ClN6. The second-order valence-electron chi connectivity index (χ2n) is 3.35. The summed E-state index contributed by atoms with van der Waals surface area (Å²) in [6.07, 6.45) is 3.47. The lowest BCUT2D eigenvalue weighted by Gasteiger charge is -2.01. The average molecular weight is 235 g/mol. The van der Waals surface area contributed by atoms with Gasteiger partial charge in [-0.1, -0.05) is 0 Å². The van der Waals surface area contributed by atoms with Gasteiger partial charge in [-0.25, -0.2) is 4.68 Å². The van der Waals surface area contributed by atoms with Gasteiger partial charge in [-0.2, -0.15) is 20.2 Å². The molecule has 0 atom stereocenters. The maximum atomic E-state index is 5.83. The Labute approximate surface area is 95.3 Å². The van der Waals surface area contributed by atoms with E-state index in [1.165, 1.54) is 0 Å². The van der Waals surface area contributed by atoms with E-state index in [2.05, 4.69) is 25.3 Å². The topological polar surface area (TPSA) is 72.3 Å². The number of rotatable bonds is 1. The Hall–Kier alpha value is -1.95. The monoisotopic (exact) mass is 234 g/mol. The number of fused-ring (bicyclic) bond motifs is 1. The van der Waals surface area contributed by atoms with Crippen LogP contribution in [-0.2, 0) is 0 Å². The molecule has 0 unspecified atom stereocenters. The number of hydrogen-bond acceptors (Lipinski definition) is 4. The molecule has 16 heavy (non-hydrogen) atoms. The van der Waals surface area contributed by atoms with E-state index in [4.69, 9.17) is 11.6 Å². The molecule has 3 aromatic rings. The third-order valence-electron chi connectivity index (χ3n) is 2.20. The molecule has 0 aliphatic carbocycles. The Kier molecular flexibility index (Phi) is 1.90. The van der Waals surface area contributed by atoms with Crippen LogP contribution in [0.4, 0.5) is 0 Å². The smallest absolute Gasteiger partial charge is 0.226 e. The van der Waals surface area contributed by atoms with Gasteiger partial charge < -0.3 is 0 Å². The highest BCUT2D eigenvalue weighted by Crippen LogP contribution is 2.18. The van der Waals surface area contributed by atoms with Gasteiger partial charge in [0, 0.05) is 6.20 Å². The Morgan fingerprint density at radius 2 is 2.25 bits per heavy atom. The van der Waals surface area contributed by atoms with Crippen LogP contribution in [0.2, 0.25) is 5.28 Å². The molecule has 3 aromatic heterocycles. The Morgan fingerprint density at radius 3 is 3.00 bits per heavy atom. The summed E-state index contributed by atoms with van der Waals surface area (Å²) in [5.74, 6) is 0.622. The number of nitrogens with zero attached hydrogens (tertiary/aromatic N) is 5. The summed E-state index contributed by atoms with van der Waals surface area (Å²) in [5, 5.41) is 11.9. The highest BCUT2D eigenvalue weighted by atomic mass is 35.5. The summed E-state index contributed by atoms with van der Waals surface area (Å²) in [4.78, 5) is 8.18. The molecule has 0 bridgehead atoms. The number of nitrogens with one attached hydrogen (secondary N) is 1. The van der Waals surface area contributed by atoms with Gasteiger partial charge in [-0.15, -0.1) is 0 Å². The lowest BCUT2D eigenvalue weighted by Crippen LogP contribution is -2.00. The van der Waals surface area contributed by atoms with Gasteiger partial charge in [-0.05, 0) is 24.6 Å². The minimum absolute atomic E-state index is 0.167. The molecule has 80 valence electrons. The summed E-state index contributed by atoms with van der Waals surface area (Å²) in [7, 11) is 0. The fraction of sp³-hybridized carbons (Fsp3) is 0.111. The molecule has 0 aliphatic heterocycles. The highest BCUT2D eigenvalue weighted by molar-refractivity contribution is 6.28. The van der Waals surface area contributed by atoms with E-state index in [-0.39, 0.29) is 5.28 Å². The molecule has 7 heteroatoms. The molecule has 1 N–H and O–H groups in total. The third kappa shape index (κ3) is 1.35. The lowest BCUT2D eigenvalue weighted by molar-refractivity contribution is 0.836. The number of hydrogen-bond donors (Lipinski definition) is 1. The van der Waals surface area contributed by atoms with Crippen LogP contribution in [0.1, 0.15) is 5.69 Å². The Balaban J connectivity index is 2.33. The molecule has 0 amide bonds. The Morgan fingerprint density at radius 1 is 1.38 bits per heavy atom. The molecule has 3 rings (SSSR count). The summed E-state index contributed by atoms with van der Waals surface area (Å²) >= 11 is 5.83. The predicted octanol–water partition coefficient (Wildman–Crippen LogP) is 1.50. The molecular weight excluding hydrogens is 228 g/mol. The van der Waals surface area contributed by atoms with Gasteiger partial charge in [0.25, 0.3) is 0 Å². The van der Waals surface area contributed by atoms with E-state index < -0.39 is 0 Å². The quantitative estimate of drug-likeness (QED) is 0.648. The van der Waals surface area contributed by atoms with Crippen molar-refractivity contribution in [2.45, 2.75) is 6.92 Å². The largest absolute Gasteiger partial charge is 0.261 e. The van der Waals surface area contributed by atoms with Crippen molar-refractivity contribution in [3.63, 3.8) is 0 Å². The van der Waals surface area contributed by atoms with Gasteiger partial charge in [0.2, 0.25) is 5.28 Å². The number of aryl methyl sites for hydroxylation is 1. The van der Waals surface area contributed by atoms with E-state index >= 15 is 0 Å². The van der Waals surface area contributed by atoms with E-state index in [0.717, 1.165) is 11.1 Å². The highest BCUT2D eigenvalue weighted by Gasteiger charge is 2.10. The first kappa shape index (κ1) is 9.29. The standard InChI is InChI=1S/C9H7ClN6/c1-5-2-3-16(15-5)8-6-4-11-14-7(6)12-9(10)13-8/h2-4H,1H3,(H,11,12,13,14). The minimum Gasteiger partial charge on any atom is -0.261 e. The van der Waals surface area contributed by atoms with Crippen LogP contribution in [0.3, 0.4) is 0 Å². The average Bonchev–Trinajstić information content (AvgIpc) is 2.84. The molecule has 0 radical (unpaired) electrons. The molecule has 0 fully saturated rings. The third-order valence-corrected chi connectivity index (χ3v) is 2.37. The summed E-state index contributed by atoms with van der Waals surface area (Å²) < 4.78 is 1.65. The van der Waals surface area contributed by atoms with Crippen LogP contribution in [-0.4, -0.2) is 29.9 Å². The van der Waals surface area contributed by atoms with Crippen LogP contribution in [0.15, 0.2) is 18.5 Å². The number of H-pyrrole nitrogens is 1. The molecule has 3 heterocycles. The SMILES string of the molecule is Cc1ccn(-c2nc(Cl)nc3[nH]ncc23)n1. The molecule has 0 aromatic carbocycles. The maximum absolute atomic E-state index is 5.83. The Bertz CT molecular complexity index is 655. The van der Waals surface area contributed by atoms with Crippen molar-refractivity contribution in [3.05, 3.63) is 29.4 Å². The van der Waals surface area contributed by atoms with Crippen molar-refractivity contribution in [3.8, 4) is 5.82 Å². The molecule has 0 spiro atoms. The number of aromatic amines is 1. The number of aromatic nitrogens is 6. The predicted molar refractivity (Wildman–Crippen MR) is 58.6 cm³/mol. The van der Waals surface area contributed by atoms with Crippen LogP contribution >= 0.6 is 11.6 Å². The first-order valence-corrected chi connectivity index (χ1v) is 5.01. The second-order valence-corrected chi connectivity index (χ2v) is 3.69. The van der Waals surface area contributed by atoms with Crippen molar-refractivity contribution in [1.82, 2.24) is 29.9 Å². The van der Waals surface area contributed by atoms with E-state index in [1.807, 2.05) is 19.2 Å². The van der Waals surface area contributed by atoms with Crippen molar-refractivity contribution in [2.24, 2.45) is 0 Å². The van der Waals surface area contributed by atoms with Gasteiger partial charge in [0.05, 0.1) is 17.3 Å². The fourth-order valence-corrected chi connectivity index (χ4v) is 1.67. The maximum Gasteiger partial charge on any atom is 0.226 e. The van der Waals surface area contributed by atoms with Crippen molar-refractivity contribution in [1.29, 1.82) is 0 Å². The zero-order chi connectivity index (χ0) is 11.1. The van der Waals surface area contributed by atoms with Gasteiger partial charge in [0.15, 0.2) is 11.5 Å². The number of halogens is 1. The summed E-state index contributed by atoms with van der Waals surface area (Å²) in [6.45, 7) is 1.91.